The van der Waals surface area contributed by atoms with Gasteiger partial charge in [0.1, 0.15) is 17.6 Å². The summed E-state index contributed by atoms with van der Waals surface area (Å²) in [4.78, 5) is 0. The van der Waals surface area contributed by atoms with Gasteiger partial charge in [0.05, 0.1) is 0 Å². The molecule has 138 valence electrons. The van der Waals surface area contributed by atoms with Crippen LogP contribution in [-0.2, 0) is 24.2 Å². The van der Waals surface area contributed by atoms with Crippen LogP contribution in [0, 0.1) is 0 Å². The molecular formula is C25H21ClOZr. The Kier molecular flexibility index (Phi) is 10.2. The third-order valence-electron chi connectivity index (χ3n) is 3.93. The van der Waals surface area contributed by atoms with Gasteiger partial charge in [-0.05, 0) is 12.1 Å². The summed E-state index contributed by atoms with van der Waals surface area (Å²) >= 11 is 6.33. The molecule has 5 aromatic carbocycles. The molecule has 0 spiro atoms. The van der Waals surface area contributed by atoms with Crippen LogP contribution in [0.2, 0.25) is 0 Å². The summed E-state index contributed by atoms with van der Waals surface area (Å²) in [5, 5.41) is 5.32. The molecule has 0 aliphatic heterocycles. The smallest absolute Gasteiger partial charge is 0.0809 e. The number of hydrogen-bond donors (Lipinski definition) is 0. The van der Waals surface area contributed by atoms with E-state index in [-0.39, 0.29) is 0 Å². The van der Waals surface area contributed by atoms with Gasteiger partial charge in [0, 0.05) is 0 Å². The van der Waals surface area contributed by atoms with Crippen molar-refractivity contribution in [3.63, 3.8) is 0 Å². The maximum absolute atomic E-state index is 5.03. The molecule has 3 heteroatoms. The summed E-state index contributed by atoms with van der Waals surface area (Å²) in [6.45, 7) is 0. The standard InChI is InChI=1S/2C9H7.C6H5ClO.CH2.Zr/c2*1-2-5-9-7-3-6-8(9)4-1;7-8-6-4-2-1-3-5-6;;/h2*1-7H;1-5H;1H2;/q2*-1;;;+2. The molecule has 0 atom stereocenters. The normalized spacial score (nSPS) is 9.25. The van der Waals surface area contributed by atoms with Crippen LogP contribution in [0.25, 0.3) is 21.5 Å². The summed E-state index contributed by atoms with van der Waals surface area (Å²) in [7, 11) is 0. The zero-order valence-corrected chi connectivity index (χ0v) is 18.7. The van der Waals surface area contributed by atoms with E-state index in [2.05, 4.69) is 93.4 Å². The molecule has 0 aromatic heterocycles. The van der Waals surface area contributed by atoms with E-state index >= 15 is 0 Å². The first-order chi connectivity index (χ1) is 13.9. The molecule has 0 aliphatic carbocycles. The fourth-order valence-corrected chi connectivity index (χ4v) is 2.71. The van der Waals surface area contributed by atoms with Crippen molar-refractivity contribution in [3.8, 4) is 5.75 Å². The molecule has 5 rings (SSSR count). The van der Waals surface area contributed by atoms with Crippen LogP contribution in [0.4, 0.5) is 0 Å². The monoisotopic (exact) mass is 462 g/mol. The molecule has 0 radical (unpaired) electrons. The minimum absolute atomic E-state index is 0.675. The van der Waals surface area contributed by atoms with Crippen LogP contribution in [-0.4, -0.2) is 4.21 Å². The fraction of sp³-hybridized carbons (Fsp3) is 0. The molecule has 28 heavy (non-hydrogen) atoms. The van der Waals surface area contributed by atoms with Gasteiger partial charge in [-0.1, -0.05) is 30.3 Å². The van der Waals surface area contributed by atoms with Gasteiger partial charge in [-0.2, -0.15) is 35.0 Å². The number of halogens is 1. The fourth-order valence-electron chi connectivity index (χ4n) is 2.61. The molecular weight excluding hydrogens is 443 g/mol. The van der Waals surface area contributed by atoms with E-state index in [1.165, 1.54) is 45.8 Å². The van der Waals surface area contributed by atoms with Crippen LogP contribution in [0.1, 0.15) is 0 Å². The molecule has 0 bridgehead atoms. The Morgan fingerprint density at radius 2 is 1.04 bits per heavy atom. The molecule has 0 saturated carbocycles. The molecule has 0 N–H and O–H groups in total. The number of rotatable bonds is 1. The Labute approximate surface area is 186 Å². The first-order valence-electron chi connectivity index (χ1n) is 8.77. The third-order valence-corrected chi connectivity index (χ3v) is 4.11. The average molecular weight is 464 g/mol. The van der Waals surface area contributed by atoms with Gasteiger partial charge in [-0.3, -0.25) is 0 Å². The molecule has 0 amide bonds. The Balaban J connectivity index is 0.000000144. The van der Waals surface area contributed by atoms with E-state index in [1.54, 1.807) is 12.1 Å². The van der Waals surface area contributed by atoms with Gasteiger partial charge >= 0.3 is 28.4 Å². The van der Waals surface area contributed by atoms with E-state index in [0.717, 1.165) is 0 Å². The van der Waals surface area contributed by atoms with Crippen LogP contribution >= 0.6 is 11.9 Å². The minimum atomic E-state index is 0.675. The predicted molar refractivity (Wildman–Crippen MR) is 119 cm³/mol. The van der Waals surface area contributed by atoms with Gasteiger partial charge in [0.25, 0.3) is 0 Å². The topological polar surface area (TPSA) is 9.23 Å². The van der Waals surface area contributed by atoms with E-state index < -0.39 is 0 Å². The SMILES string of the molecule is ClOc1ccccc1.[CH2]=[Zr+2].c1ccc2[cH-]ccc2c1.c1ccc2[cH-]ccc2c1. The molecule has 0 unspecified atom stereocenters. The molecule has 0 aliphatic rings. The number of para-hydroxylation sites is 1. The summed E-state index contributed by atoms with van der Waals surface area (Å²) in [5.74, 6) is 0.675. The minimum Gasteiger partial charge on any atom is -0.168 e. The molecule has 0 saturated heterocycles. The van der Waals surface area contributed by atoms with Crippen molar-refractivity contribution in [2.24, 2.45) is 0 Å². The second kappa shape index (κ2) is 13.0. The number of fused-ring (bicyclic) bond motifs is 2. The Morgan fingerprint density at radius 1 is 0.607 bits per heavy atom. The van der Waals surface area contributed by atoms with Crippen molar-refractivity contribution in [1.82, 2.24) is 0 Å². The van der Waals surface area contributed by atoms with E-state index in [1.807, 2.05) is 18.2 Å². The van der Waals surface area contributed by atoms with Crippen molar-refractivity contribution in [2.45, 2.75) is 0 Å². The van der Waals surface area contributed by atoms with Gasteiger partial charge in [0.2, 0.25) is 0 Å². The Hall–Kier alpha value is -2.28. The summed E-state index contributed by atoms with van der Waals surface area (Å²) < 4.78 is 7.73. The van der Waals surface area contributed by atoms with Crippen molar-refractivity contribution in [1.29, 1.82) is 0 Å². The van der Waals surface area contributed by atoms with E-state index in [4.69, 9.17) is 11.9 Å². The van der Waals surface area contributed by atoms with E-state index in [9.17, 15) is 0 Å². The summed E-state index contributed by atoms with van der Waals surface area (Å²) in [5.41, 5.74) is 0. The predicted octanol–water partition coefficient (Wildman–Crippen LogP) is 7.30. The Bertz CT molecular complexity index is 923. The Morgan fingerprint density at radius 3 is 1.43 bits per heavy atom. The maximum Gasteiger partial charge on any atom is -0.0809 e. The second-order valence-corrected chi connectivity index (χ2v) is 5.85. The zero-order valence-electron chi connectivity index (χ0n) is 15.5. The maximum atomic E-state index is 5.03. The van der Waals surface area contributed by atoms with Crippen LogP contribution in [0.3, 0.4) is 0 Å². The number of benzene rings is 3. The zero-order chi connectivity index (χ0) is 20.0. The van der Waals surface area contributed by atoms with Crippen molar-refractivity contribution < 1.29 is 28.5 Å². The first kappa shape index (κ1) is 22.0. The number of hydrogen-bond acceptors (Lipinski definition) is 1. The summed E-state index contributed by atoms with van der Waals surface area (Å²) in [6, 6.07) is 38.5. The van der Waals surface area contributed by atoms with E-state index in [0.29, 0.717) is 5.75 Å². The molecule has 0 heterocycles. The summed E-state index contributed by atoms with van der Waals surface area (Å²) in [6.07, 6.45) is 0. The van der Waals surface area contributed by atoms with Crippen molar-refractivity contribution in [3.05, 3.63) is 115 Å². The second-order valence-electron chi connectivity index (χ2n) is 5.70. The first-order valence-corrected chi connectivity index (χ1v) is 10.8. The largest absolute Gasteiger partial charge is 0.168 e. The van der Waals surface area contributed by atoms with Gasteiger partial charge in [-0.25, -0.2) is 0 Å². The molecule has 5 aromatic rings. The van der Waals surface area contributed by atoms with Gasteiger partial charge in [-0.15, -0.1) is 59.3 Å². The van der Waals surface area contributed by atoms with Crippen LogP contribution in [0.5, 0.6) is 5.75 Å². The quantitative estimate of drug-likeness (QED) is 0.237. The molecule has 1 nitrogen and oxygen atoms in total. The molecule has 0 fully saturated rings. The van der Waals surface area contributed by atoms with Crippen molar-refractivity contribution in [2.75, 3.05) is 0 Å². The van der Waals surface area contributed by atoms with Gasteiger partial charge in [0.15, 0.2) is 0 Å². The van der Waals surface area contributed by atoms with Crippen LogP contribution < -0.4 is 4.29 Å². The van der Waals surface area contributed by atoms with Crippen LogP contribution in [0.15, 0.2) is 115 Å². The average Bonchev–Trinajstić information content (AvgIpc) is 3.46. The van der Waals surface area contributed by atoms with Crippen molar-refractivity contribution >= 4 is 37.6 Å². The third kappa shape index (κ3) is 7.04. The van der Waals surface area contributed by atoms with Gasteiger partial charge < -0.3 is 4.29 Å².